The van der Waals surface area contributed by atoms with E-state index in [9.17, 15) is 4.79 Å². The van der Waals surface area contributed by atoms with Crippen molar-refractivity contribution in [1.29, 1.82) is 0 Å². The number of nitrogens with zero attached hydrogens (tertiary/aromatic N) is 4. The first-order chi connectivity index (χ1) is 15.1. The summed E-state index contributed by atoms with van der Waals surface area (Å²) in [7, 11) is 0. The van der Waals surface area contributed by atoms with Crippen LogP contribution in [0.2, 0.25) is 0 Å². The van der Waals surface area contributed by atoms with Gasteiger partial charge in [-0.15, -0.1) is 11.3 Å². The average Bonchev–Trinajstić information content (AvgIpc) is 3.15. The average molecular weight is 500 g/mol. The van der Waals surface area contributed by atoms with Crippen LogP contribution in [0.15, 0.2) is 47.2 Å². The number of anilines is 2. The molecule has 1 aliphatic rings. The number of nitrogens with one attached hydrogen (secondary N) is 1. The Bertz CT molecular complexity index is 1110. The molecular weight excluding hydrogens is 474 g/mol. The fourth-order valence-corrected chi connectivity index (χ4v) is 5.41. The molecule has 1 aliphatic heterocycles. The molecule has 6 nitrogen and oxygen atoms in total. The number of halogens is 1. The fraction of sp³-hybridized carbons (Fsp3) is 0.348. The van der Waals surface area contributed by atoms with E-state index in [2.05, 4.69) is 50.0 Å². The largest absolute Gasteiger partial charge is 0.340 e. The number of amides is 1. The van der Waals surface area contributed by atoms with Gasteiger partial charge in [0.05, 0.1) is 11.9 Å². The predicted octanol–water partition coefficient (Wildman–Crippen LogP) is 4.98. The number of likely N-dealkylation sites (N-methyl/N-ethyl adjacent to an activating group) is 1. The van der Waals surface area contributed by atoms with Crippen LogP contribution < -0.4 is 5.32 Å². The van der Waals surface area contributed by atoms with Crippen LogP contribution in [0.25, 0.3) is 10.2 Å². The molecule has 0 atom stereocenters. The Kier molecular flexibility index (Phi) is 6.99. The Balaban J connectivity index is 1.53. The topological polar surface area (TPSA) is 61.4 Å². The number of carbonyl (C=O) groups is 1. The molecule has 0 saturated carbocycles. The van der Waals surface area contributed by atoms with Crippen LogP contribution in [0.3, 0.4) is 0 Å². The van der Waals surface area contributed by atoms with Gasteiger partial charge in [0.1, 0.15) is 17.0 Å². The quantitative estimate of drug-likeness (QED) is 0.464. The molecule has 1 amide bonds. The molecule has 4 rings (SSSR count). The summed E-state index contributed by atoms with van der Waals surface area (Å²) >= 11 is 5.17. The highest BCUT2D eigenvalue weighted by molar-refractivity contribution is 9.10. The molecule has 0 fully saturated rings. The van der Waals surface area contributed by atoms with E-state index in [0.29, 0.717) is 13.1 Å². The van der Waals surface area contributed by atoms with E-state index in [-0.39, 0.29) is 5.91 Å². The second-order valence-corrected chi connectivity index (χ2v) is 9.44. The van der Waals surface area contributed by atoms with Crippen molar-refractivity contribution in [2.45, 2.75) is 26.8 Å². The van der Waals surface area contributed by atoms with E-state index in [1.165, 1.54) is 10.4 Å². The third-order valence-corrected chi connectivity index (χ3v) is 7.17. The molecule has 31 heavy (non-hydrogen) atoms. The standard InChI is InChI=1S/C23H26BrN5OS/c1-3-28(4-2)11-6-9-20(30)29-12-10-18-19(14-29)31-23-21(18)22(25-15-26-23)27-17-8-5-7-16(24)13-17/h5-9,13,15H,3-4,10-12,14H2,1-2H3,(H,25,26,27). The van der Waals surface area contributed by atoms with E-state index in [0.717, 1.165) is 52.2 Å². The van der Waals surface area contributed by atoms with E-state index >= 15 is 0 Å². The van der Waals surface area contributed by atoms with Crippen molar-refractivity contribution >= 4 is 54.9 Å². The van der Waals surface area contributed by atoms with Crippen molar-refractivity contribution < 1.29 is 4.79 Å². The number of hydrogen-bond acceptors (Lipinski definition) is 6. The highest BCUT2D eigenvalue weighted by atomic mass is 79.9. The maximum atomic E-state index is 12.7. The summed E-state index contributed by atoms with van der Waals surface area (Å²) in [5, 5.41) is 4.51. The van der Waals surface area contributed by atoms with E-state index in [4.69, 9.17) is 0 Å². The summed E-state index contributed by atoms with van der Waals surface area (Å²) in [4.78, 5) is 28.1. The molecule has 1 N–H and O–H groups in total. The molecule has 8 heteroatoms. The molecule has 0 saturated heterocycles. The Morgan fingerprint density at radius 2 is 2.16 bits per heavy atom. The number of aromatic nitrogens is 2. The van der Waals surface area contributed by atoms with Gasteiger partial charge in [0.15, 0.2) is 0 Å². The second kappa shape index (κ2) is 9.89. The minimum absolute atomic E-state index is 0.0776. The van der Waals surface area contributed by atoms with Gasteiger partial charge < -0.3 is 15.1 Å². The van der Waals surface area contributed by atoms with Gasteiger partial charge in [-0.1, -0.05) is 41.9 Å². The number of fused-ring (bicyclic) bond motifs is 3. The maximum absolute atomic E-state index is 12.7. The number of carbonyl (C=O) groups excluding carboxylic acids is 1. The first-order valence-electron chi connectivity index (χ1n) is 10.5. The third kappa shape index (κ3) is 4.97. The van der Waals surface area contributed by atoms with Gasteiger partial charge in [-0.3, -0.25) is 4.79 Å². The lowest BCUT2D eigenvalue weighted by atomic mass is 10.0. The van der Waals surface area contributed by atoms with Crippen molar-refractivity contribution in [3.63, 3.8) is 0 Å². The van der Waals surface area contributed by atoms with Crippen LogP contribution in [0.4, 0.5) is 11.5 Å². The van der Waals surface area contributed by atoms with Crippen LogP contribution in [-0.4, -0.2) is 51.9 Å². The second-order valence-electron chi connectivity index (χ2n) is 7.44. The molecule has 162 valence electrons. The van der Waals surface area contributed by atoms with Crippen LogP contribution in [-0.2, 0) is 17.8 Å². The monoisotopic (exact) mass is 499 g/mol. The van der Waals surface area contributed by atoms with Crippen LogP contribution in [0.1, 0.15) is 24.3 Å². The summed E-state index contributed by atoms with van der Waals surface area (Å²) in [5.41, 5.74) is 2.23. The number of benzene rings is 1. The smallest absolute Gasteiger partial charge is 0.246 e. The zero-order valence-electron chi connectivity index (χ0n) is 17.8. The SMILES string of the molecule is CCN(CC)CC=CC(=O)N1CCc2c(sc3ncnc(Nc4cccc(Br)c4)c23)C1. The molecule has 3 aromatic rings. The van der Waals surface area contributed by atoms with Crippen LogP contribution in [0, 0.1) is 0 Å². The van der Waals surface area contributed by atoms with Gasteiger partial charge in [0, 0.05) is 34.2 Å². The molecule has 3 heterocycles. The normalized spacial score (nSPS) is 13.9. The zero-order chi connectivity index (χ0) is 21.8. The minimum atomic E-state index is 0.0776. The molecule has 2 aromatic heterocycles. The summed E-state index contributed by atoms with van der Waals surface area (Å²) in [5.74, 6) is 0.897. The van der Waals surface area contributed by atoms with Crippen LogP contribution in [0.5, 0.6) is 0 Å². The van der Waals surface area contributed by atoms with Gasteiger partial charge in [0.25, 0.3) is 0 Å². The maximum Gasteiger partial charge on any atom is 0.246 e. The number of rotatable bonds is 7. The first kappa shape index (κ1) is 21.9. The Labute approximate surface area is 195 Å². The van der Waals surface area contributed by atoms with E-state index in [1.807, 2.05) is 35.2 Å². The number of thiophene rings is 1. The Hall–Kier alpha value is -2.29. The third-order valence-electron chi connectivity index (χ3n) is 5.55. The fourth-order valence-electron chi connectivity index (χ4n) is 3.80. The Morgan fingerprint density at radius 1 is 1.32 bits per heavy atom. The van der Waals surface area contributed by atoms with E-state index in [1.54, 1.807) is 23.7 Å². The molecule has 0 aliphatic carbocycles. The Morgan fingerprint density at radius 3 is 2.94 bits per heavy atom. The first-order valence-corrected chi connectivity index (χ1v) is 12.2. The summed E-state index contributed by atoms with van der Waals surface area (Å²) in [6.07, 6.45) is 6.10. The highest BCUT2D eigenvalue weighted by Gasteiger charge is 2.25. The van der Waals surface area contributed by atoms with Crippen molar-refractivity contribution in [1.82, 2.24) is 19.8 Å². The summed E-state index contributed by atoms with van der Waals surface area (Å²) in [6, 6.07) is 8.03. The van der Waals surface area contributed by atoms with E-state index < -0.39 is 0 Å². The van der Waals surface area contributed by atoms with Crippen molar-refractivity contribution in [3.8, 4) is 0 Å². The van der Waals surface area contributed by atoms with Gasteiger partial charge in [-0.25, -0.2) is 9.97 Å². The minimum Gasteiger partial charge on any atom is -0.340 e. The molecule has 0 unspecified atom stereocenters. The molecule has 0 bridgehead atoms. The van der Waals surface area contributed by atoms with Gasteiger partial charge in [-0.05, 0) is 43.3 Å². The lowest BCUT2D eigenvalue weighted by Crippen LogP contribution is -2.34. The molecular formula is C23H26BrN5OS. The van der Waals surface area contributed by atoms with Crippen LogP contribution >= 0.6 is 27.3 Å². The van der Waals surface area contributed by atoms with Crippen molar-refractivity contribution in [3.05, 3.63) is 57.7 Å². The van der Waals surface area contributed by atoms with Gasteiger partial charge in [0.2, 0.25) is 5.91 Å². The molecule has 0 spiro atoms. The van der Waals surface area contributed by atoms with Gasteiger partial charge in [-0.2, -0.15) is 0 Å². The zero-order valence-corrected chi connectivity index (χ0v) is 20.2. The molecule has 0 radical (unpaired) electrons. The lowest BCUT2D eigenvalue weighted by molar-refractivity contribution is -0.126. The summed E-state index contributed by atoms with van der Waals surface area (Å²) < 4.78 is 1.01. The van der Waals surface area contributed by atoms with Gasteiger partial charge >= 0.3 is 0 Å². The highest BCUT2D eigenvalue weighted by Crippen LogP contribution is 2.38. The lowest BCUT2D eigenvalue weighted by Gasteiger charge is -2.26. The summed E-state index contributed by atoms with van der Waals surface area (Å²) in [6.45, 7) is 8.38. The molecule has 1 aromatic carbocycles. The predicted molar refractivity (Wildman–Crippen MR) is 131 cm³/mol. The number of hydrogen-bond donors (Lipinski definition) is 1. The van der Waals surface area contributed by atoms with Crippen molar-refractivity contribution in [2.75, 3.05) is 31.5 Å². The van der Waals surface area contributed by atoms with Crippen molar-refractivity contribution in [2.24, 2.45) is 0 Å².